The van der Waals surface area contributed by atoms with Gasteiger partial charge < -0.3 is 10.1 Å². The number of benzene rings is 1. The number of carbonyl (C=O) groups is 3. The van der Waals surface area contributed by atoms with E-state index in [9.17, 15) is 14.4 Å². The van der Waals surface area contributed by atoms with Gasteiger partial charge >= 0.3 is 12.0 Å². The number of thioether (sulfide) groups is 1. The highest BCUT2D eigenvalue weighted by molar-refractivity contribution is 7.99. The predicted octanol–water partition coefficient (Wildman–Crippen LogP) is 2.26. The van der Waals surface area contributed by atoms with Gasteiger partial charge in [-0.1, -0.05) is 24.6 Å². The molecule has 1 rings (SSSR count). The maximum absolute atomic E-state index is 11.5. The number of hydrogen-bond acceptors (Lipinski definition) is 5. The lowest BCUT2D eigenvalue weighted by Gasteiger charge is -2.07. The minimum absolute atomic E-state index is 0.202. The molecule has 0 atom stereocenters. The van der Waals surface area contributed by atoms with Crippen molar-refractivity contribution in [2.45, 2.75) is 31.6 Å². The fraction of sp³-hybridized carbons (Fsp3) is 0.438. The topological polar surface area (TPSA) is 84.5 Å². The van der Waals surface area contributed by atoms with Crippen molar-refractivity contribution >= 4 is 29.7 Å². The lowest BCUT2D eigenvalue weighted by Crippen LogP contribution is -2.41. The van der Waals surface area contributed by atoms with E-state index in [1.165, 1.54) is 5.56 Å². The summed E-state index contributed by atoms with van der Waals surface area (Å²) in [5, 5.41) is 4.58. The highest BCUT2D eigenvalue weighted by Crippen LogP contribution is 2.19. The van der Waals surface area contributed by atoms with E-state index in [1.54, 1.807) is 11.8 Å². The number of urea groups is 1. The Morgan fingerprint density at radius 2 is 1.87 bits per heavy atom. The van der Waals surface area contributed by atoms with E-state index >= 15 is 0 Å². The van der Waals surface area contributed by atoms with E-state index in [0.29, 0.717) is 12.3 Å². The van der Waals surface area contributed by atoms with Gasteiger partial charge in [-0.2, -0.15) is 0 Å². The number of nitrogens with one attached hydrogen (secondary N) is 2. The Bertz CT molecular complexity index is 531. The summed E-state index contributed by atoms with van der Waals surface area (Å²) in [5.74, 6) is -0.535. The molecular formula is C16H22N2O4S. The van der Waals surface area contributed by atoms with Crippen LogP contribution in [-0.4, -0.2) is 36.8 Å². The van der Waals surface area contributed by atoms with Gasteiger partial charge in [0, 0.05) is 17.2 Å². The van der Waals surface area contributed by atoms with E-state index in [4.69, 9.17) is 4.74 Å². The number of aryl methyl sites for hydroxylation is 1. The zero-order chi connectivity index (χ0) is 17.1. The van der Waals surface area contributed by atoms with Crippen molar-refractivity contribution in [1.82, 2.24) is 10.6 Å². The maximum atomic E-state index is 11.5. The van der Waals surface area contributed by atoms with Gasteiger partial charge in [0.1, 0.15) is 0 Å². The zero-order valence-corrected chi connectivity index (χ0v) is 14.2. The first-order chi connectivity index (χ1) is 11.0. The van der Waals surface area contributed by atoms with Crippen LogP contribution in [-0.2, 0) is 14.3 Å². The van der Waals surface area contributed by atoms with E-state index in [0.717, 1.165) is 11.3 Å². The van der Waals surface area contributed by atoms with Crippen molar-refractivity contribution < 1.29 is 19.1 Å². The summed E-state index contributed by atoms with van der Waals surface area (Å²) >= 11 is 1.55. The Morgan fingerprint density at radius 3 is 2.52 bits per heavy atom. The van der Waals surface area contributed by atoms with E-state index in [2.05, 4.69) is 10.6 Å². The molecule has 0 aromatic heterocycles. The van der Waals surface area contributed by atoms with E-state index in [1.807, 2.05) is 38.1 Å². The SMILES string of the molecule is CCCNC(=O)NC(=O)COC(=O)CCSc1ccc(C)cc1. The summed E-state index contributed by atoms with van der Waals surface area (Å²) < 4.78 is 4.82. The second-order valence-corrected chi connectivity index (χ2v) is 6.04. The predicted molar refractivity (Wildman–Crippen MR) is 89.3 cm³/mol. The Kier molecular flexibility index (Phi) is 8.82. The number of amides is 3. The second kappa shape index (κ2) is 10.7. The lowest BCUT2D eigenvalue weighted by molar-refractivity contribution is -0.147. The van der Waals surface area contributed by atoms with E-state index < -0.39 is 24.5 Å². The number of imide groups is 1. The van der Waals surface area contributed by atoms with Gasteiger partial charge in [-0.25, -0.2) is 4.79 Å². The van der Waals surface area contributed by atoms with Crippen molar-refractivity contribution in [1.29, 1.82) is 0 Å². The third-order valence-electron chi connectivity index (χ3n) is 2.75. The first-order valence-electron chi connectivity index (χ1n) is 7.44. The van der Waals surface area contributed by atoms with Gasteiger partial charge in [0.15, 0.2) is 6.61 Å². The summed E-state index contributed by atoms with van der Waals surface area (Å²) in [6.45, 7) is 3.95. The standard InChI is InChI=1S/C16H22N2O4S/c1-3-9-17-16(21)18-14(19)11-22-15(20)8-10-23-13-6-4-12(2)5-7-13/h4-7H,3,8-11H2,1-2H3,(H2,17,18,19,21). The molecule has 0 fully saturated rings. The van der Waals surface area contributed by atoms with Crippen molar-refractivity contribution in [3.8, 4) is 0 Å². The van der Waals surface area contributed by atoms with Crippen LogP contribution in [0.5, 0.6) is 0 Å². The fourth-order valence-corrected chi connectivity index (χ4v) is 2.38. The van der Waals surface area contributed by atoms with Crippen LogP contribution < -0.4 is 10.6 Å². The van der Waals surface area contributed by atoms with Crippen molar-refractivity contribution in [3.05, 3.63) is 29.8 Å². The van der Waals surface area contributed by atoms with E-state index in [-0.39, 0.29) is 6.42 Å². The monoisotopic (exact) mass is 338 g/mol. The minimum atomic E-state index is -0.641. The molecule has 7 heteroatoms. The van der Waals surface area contributed by atoms with Gasteiger partial charge in [-0.05, 0) is 25.5 Å². The average molecular weight is 338 g/mol. The highest BCUT2D eigenvalue weighted by Gasteiger charge is 2.10. The van der Waals surface area contributed by atoms with Crippen LogP contribution >= 0.6 is 11.8 Å². The van der Waals surface area contributed by atoms with Gasteiger partial charge in [-0.15, -0.1) is 11.8 Å². The molecule has 0 heterocycles. The van der Waals surface area contributed by atoms with Gasteiger partial charge in [0.2, 0.25) is 0 Å². The quantitative estimate of drug-likeness (QED) is 0.561. The van der Waals surface area contributed by atoms with Gasteiger partial charge in [0.25, 0.3) is 5.91 Å². The molecule has 0 saturated carbocycles. The number of carbonyl (C=O) groups excluding carboxylic acids is 3. The second-order valence-electron chi connectivity index (χ2n) is 4.88. The van der Waals surface area contributed by atoms with Crippen LogP contribution in [0.2, 0.25) is 0 Å². The number of esters is 1. The molecule has 6 nitrogen and oxygen atoms in total. The van der Waals surface area contributed by atoms with Crippen molar-refractivity contribution in [2.75, 3.05) is 18.9 Å². The molecule has 23 heavy (non-hydrogen) atoms. The fourth-order valence-electron chi connectivity index (χ4n) is 1.55. The third kappa shape index (κ3) is 8.87. The van der Waals surface area contributed by atoms with Crippen LogP contribution in [0.1, 0.15) is 25.3 Å². The maximum Gasteiger partial charge on any atom is 0.321 e. The zero-order valence-electron chi connectivity index (χ0n) is 13.4. The summed E-state index contributed by atoms with van der Waals surface area (Å²) in [5.41, 5.74) is 1.18. The molecule has 0 unspecified atom stereocenters. The molecule has 0 saturated heterocycles. The third-order valence-corrected chi connectivity index (χ3v) is 3.76. The van der Waals surface area contributed by atoms with Crippen LogP contribution in [0.3, 0.4) is 0 Å². The molecule has 1 aromatic carbocycles. The number of rotatable bonds is 8. The normalized spacial score (nSPS) is 10.0. The summed E-state index contributed by atoms with van der Waals surface area (Å²) in [6.07, 6.45) is 0.975. The Morgan fingerprint density at radius 1 is 1.17 bits per heavy atom. The summed E-state index contributed by atoms with van der Waals surface area (Å²) in [7, 11) is 0. The first-order valence-corrected chi connectivity index (χ1v) is 8.42. The molecule has 126 valence electrons. The van der Waals surface area contributed by atoms with Crippen LogP contribution in [0, 0.1) is 6.92 Å². The largest absolute Gasteiger partial charge is 0.456 e. The lowest BCUT2D eigenvalue weighted by atomic mass is 10.2. The van der Waals surface area contributed by atoms with Crippen molar-refractivity contribution in [3.63, 3.8) is 0 Å². The Labute approximate surface area is 140 Å². The van der Waals surface area contributed by atoms with Crippen LogP contribution in [0.25, 0.3) is 0 Å². The Hall–Kier alpha value is -2.02. The average Bonchev–Trinajstić information content (AvgIpc) is 2.53. The van der Waals surface area contributed by atoms with Gasteiger partial charge in [0.05, 0.1) is 6.42 Å². The molecule has 3 amide bonds. The molecule has 0 radical (unpaired) electrons. The Balaban J connectivity index is 2.15. The molecule has 0 aliphatic carbocycles. The summed E-state index contributed by atoms with van der Waals surface area (Å²) in [4.78, 5) is 35.2. The van der Waals surface area contributed by atoms with Crippen molar-refractivity contribution in [2.24, 2.45) is 0 Å². The summed E-state index contributed by atoms with van der Waals surface area (Å²) in [6, 6.07) is 7.42. The van der Waals surface area contributed by atoms with Gasteiger partial charge in [-0.3, -0.25) is 14.9 Å². The molecule has 0 bridgehead atoms. The molecule has 0 spiro atoms. The first kappa shape index (κ1) is 19.0. The van der Waals surface area contributed by atoms with Crippen LogP contribution in [0.15, 0.2) is 29.2 Å². The van der Waals surface area contributed by atoms with Crippen LogP contribution in [0.4, 0.5) is 4.79 Å². The molecule has 0 aliphatic rings. The highest BCUT2D eigenvalue weighted by atomic mass is 32.2. The number of ether oxygens (including phenoxy) is 1. The minimum Gasteiger partial charge on any atom is -0.456 e. The molecule has 1 aromatic rings. The molecule has 0 aliphatic heterocycles. The smallest absolute Gasteiger partial charge is 0.321 e. The number of hydrogen-bond donors (Lipinski definition) is 2. The molecule has 2 N–H and O–H groups in total. The molecular weight excluding hydrogens is 316 g/mol.